The molecule has 1 aliphatic rings. The number of rotatable bonds is 8. The summed E-state index contributed by atoms with van der Waals surface area (Å²) in [5.74, 6) is 1.21. The van der Waals surface area contributed by atoms with E-state index in [9.17, 15) is 4.79 Å². The van der Waals surface area contributed by atoms with Crippen LogP contribution in [0.4, 0.5) is 0 Å². The summed E-state index contributed by atoms with van der Waals surface area (Å²) in [7, 11) is 1.59. The molecule has 1 amide bonds. The van der Waals surface area contributed by atoms with Crippen LogP contribution in [0.1, 0.15) is 43.0 Å². The van der Waals surface area contributed by atoms with Crippen LogP contribution in [-0.2, 0) is 0 Å². The van der Waals surface area contributed by atoms with Gasteiger partial charge in [-0.25, -0.2) is 0 Å². The zero-order chi connectivity index (χ0) is 15.8. The quantitative estimate of drug-likeness (QED) is 0.713. The number of ether oxygens (including phenoxy) is 2. The first-order valence-electron chi connectivity index (χ1n) is 8.07. The molecule has 23 heavy (non-hydrogen) atoms. The van der Waals surface area contributed by atoms with E-state index in [2.05, 4.69) is 17.6 Å². The van der Waals surface area contributed by atoms with E-state index in [4.69, 9.17) is 9.47 Å². The monoisotopic (exact) mass is 342 g/mol. The van der Waals surface area contributed by atoms with E-state index < -0.39 is 0 Å². The fraction of sp³-hybridized carbons (Fsp3) is 0.588. The Morgan fingerprint density at radius 1 is 1.39 bits per heavy atom. The molecule has 6 heteroatoms. The lowest BCUT2D eigenvalue weighted by Crippen LogP contribution is -2.37. The molecule has 130 valence electrons. The van der Waals surface area contributed by atoms with Crippen molar-refractivity contribution >= 4 is 18.3 Å². The summed E-state index contributed by atoms with van der Waals surface area (Å²) in [5.41, 5.74) is 0.595. The third-order valence-corrected chi connectivity index (χ3v) is 3.85. The number of hydrogen-bond acceptors (Lipinski definition) is 4. The lowest BCUT2D eigenvalue weighted by atomic mass is 10.1. The summed E-state index contributed by atoms with van der Waals surface area (Å²) in [5, 5.41) is 6.33. The molecular formula is C17H27ClN2O3. The number of unbranched alkanes of at least 4 members (excludes halogenated alkanes) is 1. The summed E-state index contributed by atoms with van der Waals surface area (Å²) in [6.45, 7) is 4.48. The number of hydrogen-bond donors (Lipinski definition) is 2. The van der Waals surface area contributed by atoms with E-state index in [-0.39, 0.29) is 18.3 Å². The standard InChI is InChI=1S/C17H26N2O3.ClH/c1-3-4-10-22-15-8-7-13(11-16(15)21-2)17(20)19-12-14-6-5-9-18-14;/h7-8,11,14,18H,3-6,9-10,12H2,1-2H3,(H,19,20);1H. The van der Waals surface area contributed by atoms with E-state index in [0.717, 1.165) is 25.8 Å². The second kappa shape index (κ2) is 10.3. The Bertz CT molecular complexity index is 491. The highest BCUT2D eigenvalue weighted by atomic mass is 35.5. The van der Waals surface area contributed by atoms with Gasteiger partial charge < -0.3 is 20.1 Å². The summed E-state index contributed by atoms with van der Waals surface area (Å²) < 4.78 is 11.0. The third kappa shape index (κ3) is 5.92. The highest BCUT2D eigenvalue weighted by Gasteiger charge is 2.16. The first-order chi connectivity index (χ1) is 10.7. The van der Waals surface area contributed by atoms with Crippen molar-refractivity contribution in [1.29, 1.82) is 0 Å². The van der Waals surface area contributed by atoms with E-state index >= 15 is 0 Å². The van der Waals surface area contributed by atoms with Crippen LogP contribution < -0.4 is 20.1 Å². The number of carbonyl (C=O) groups is 1. The first kappa shape index (κ1) is 19.6. The van der Waals surface area contributed by atoms with Crippen LogP contribution in [0.2, 0.25) is 0 Å². The summed E-state index contributed by atoms with van der Waals surface area (Å²) in [6, 6.07) is 5.71. The maximum absolute atomic E-state index is 12.2. The van der Waals surface area contributed by atoms with Crippen molar-refractivity contribution in [3.05, 3.63) is 23.8 Å². The Hall–Kier alpha value is -1.46. The molecule has 1 unspecified atom stereocenters. The predicted octanol–water partition coefficient (Wildman–Crippen LogP) is 2.78. The number of methoxy groups -OCH3 is 1. The van der Waals surface area contributed by atoms with E-state index in [0.29, 0.717) is 36.3 Å². The number of carbonyl (C=O) groups excluding carboxylic acids is 1. The van der Waals surface area contributed by atoms with Crippen molar-refractivity contribution in [1.82, 2.24) is 10.6 Å². The molecular weight excluding hydrogens is 316 g/mol. The molecule has 1 aromatic carbocycles. The van der Waals surface area contributed by atoms with Gasteiger partial charge in [-0.3, -0.25) is 4.79 Å². The van der Waals surface area contributed by atoms with Gasteiger partial charge in [-0.15, -0.1) is 12.4 Å². The number of halogens is 1. The number of benzene rings is 1. The molecule has 0 bridgehead atoms. The minimum Gasteiger partial charge on any atom is -0.493 e. The average molecular weight is 343 g/mol. The molecule has 1 atom stereocenters. The Labute approximate surface area is 144 Å². The van der Waals surface area contributed by atoms with Crippen LogP contribution in [0, 0.1) is 0 Å². The average Bonchev–Trinajstić information content (AvgIpc) is 3.06. The van der Waals surface area contributed by atoms with Crippen LogP contribution >= 0.6 is 12.4 Å². The minimum absolute atomic E-state index is 0. The van der Waals surface area contributed by atoms with Crippen LogP contribution in [0.15, 0.2) is 18.2 Å². The van der Waals surface area contributed by atoms with Gasteiger partial charge in [-0.05, 0) is 44.0 Å². The van der Waals surface area contributed by atoms with E-state index in [1.807, 2.05) is 0 Å². The van der Waals surface area contributed by atoms with Gasteiger partial charge in [0.2, 0.25) is 0 Å². The topological polar surface area (TPSA) is 59.6 Å². The Morgan fingerprint density at radius 3 is 2.87 bits per heavy atom. The lowest BCUT2D eigenvalue weighted by Gasteiger charge is -2.14. The zero-order valence-corrected chi connectivity index (χ0v) is 14.7. The van der Waals surface area contributed by atoms with Crippen molar-refractivity contribution in [2.24, 2.45) is 0 Å². The maximum Gasteiger partial charge on any atom is 0.251 e. The normalized spacial score (nSPS) is 16.5. The van der Waals surface area contributed by atoms with Crippen molar-refractivity contribution < 1.29 is 14.3 Å². The van der Waals surface area contributed by atoms with Crippen LogP contribution in [0.25, 0.3) is 0 Å². The van der Waals surface area contributed by atoms with Crippen molar-refractivity contribution in [2.45, 2.75) is 38.6 Å². The first-order valence-corrected chi connectivity index (χ1v) is 8.07. The second-order valence-electron chi connectivity index (χ2n) is 5.57. The summed E-state index contributed by atoms with van der Waals surface area (Å²) >= 11 is 0. The molecule has 0 aliphatic carbocycles. The molecule has 0 radical (unpaired) electrons. The molecule has 1 fully saturated rings. The number of amides is 1. The van der Waals surface area contributed by atoms with Crippen LogP contribution in [0.5, 0.6) is 11.5 Å². The van der Waals surface area contributed by atoms with Crippen molar-refractivity contribution in [3.8, 4) is 11.5 Å². The van der Waals surface area contributed by atoms with Gasteiger partial charge in [0.25, 0.3) is 5.91 Å². The van der Waals surface area contributed by atoms with Gasteiger partial charge in [-0.1, -0.05) is 13.3 Å². The highest BCUT2D eigenvalue weighted by Crippen LogP contribution is 2.28. The van der Waals surface area contributed by atoms with Gasteiger partial charge in [0.05, 0.1) is 13.7 Å². The fourth-order valence-corrected chi connectivity index (χ4v) is 2.50. The lowest BCUT2D eigenvalue weighted by molar-refractivity contribution is 0.0950. The Kier molecular flexibility index (Phi) is 8.81. The Morgan fingerprint density at radius 2 is 2.22 bits per heavy atom. The molecule has 1 aromatic rings. The largest absolute Gasteiger partial charge is 0.493 e. The second-order valence-corrected chi connectivity index (χ2v) is 5.57. The highest BCUT2D eigenvalue weighted by molar-refractivity contribution is 5.94. The molecule has 1 saturated heterocycles. The maximum atomic E-state index is 12.2. The summed E-state index contributed by atoms with van der Waals surface area (Å²) in [6.07, 6.45) is 4.38. The molecule has 0 aromatic heterocycles. The molecule has 1 aliphatic heterocycles. The zero-order valence-electron chi connectivity index (χ0n) is 13.9. The SMILES string of the molecule is CCCCOc1ccc(C(=O)NCC2CCCN2)cc1OC.Cl. The predicted molar refractivity (Wildman–Crippen MR) is 94.0 cm³/mol. The molecule has 1 heterocycles. The minimum atomic E-state index is -0.0768. The molecule has 2 N–H and O–H groups in total. The van der Waals surface area contributed by atoms with E-state index in [1.54, 1.807) is 25.3 Å². The van der Waals surface area contributed by atoms with Gasteiger partial charge >= 0.3 is 0 Å². The molecule has 5 nitrogen and oxygen atoms in total. The third-order valence-electron chi connectivity index (χ3n) is 3.85. The molecule has 2 rings (SSSR count). The van der Waals surface area contributed by atoms with Gasteiger partial charge in [0.1, 0.15) is 0 Å². The fourth-order valence-electron chi connectivity index (χ4n) is 2.50. The van der Waals surface area contributed by atoms with Crippen LogP contribution in [0.3, 0.4) is 0 Å². The van der Waals surface area contributed by atoms with Gasteiger partial charge in [-0.2, -0.15) is 0 Å². The molecule has 0 saturated carbocycles. The number of nitrogens with one attached hydrogen (secondary N) is 2. The van der Waals surface area contributed by atoms with Gasteiger partial charge in [0.15, 0.2) is 11.5 Å². The van der Waals surface area contributed by atoms with Gasteiger partial charge in [0, 0.05) is 18.2 Å². The van der Waals surface area contributed by atoms with Crippen molar-refractivity contribution in [2.75, 3.05) is 26.8 Å². The van der Waals surface area contributed by atoms with E-state index in [1.165, 1.54) is 6.42 Å². The smallest absolute Gasteiger partial charge is 0.251 e. The molecule has 0 spiro atoms. The van der Waals surface area contributed by atoms with Crippen molar-refractivity contribution in [3.63, 3.8) is 0 Å². The summed E-state index contributed by atoms with van der Waals surface area (Å²) in [4.78, 5) is 12.2. The Balaban J connectivity index is 0.00000264. The van der Waals surface area contributed by atoms with Crippen LogP contribution in [-0.4, -0.2) is 38.8 Å².